The standard InChI is InChI=1S/C21H30BrN3O4/c1-21(2,3)29-20(28)24-14-18(26)23-13-15-7-9-25(10-8-15)19(27)12-16-5-4-6-17(22)11-16/h4-6,11,15H,7-10,12-14H2,1-3H3,(H,23,26)(H,24,28). The van der Waals surface area contributed by atoms with E-state index in [1.54, 1.807) is 20.8 Å². The highest BCUT2D eigenvalue weighted by atomic mass is 79.9. The number of carbonyl (C=O) groups excluding carboxylic acids is 3. The highest BCUT2D eigenvalue weighted by Gasteiger charge is 2.23. The molecule has 2 rings (SSSR count). The molecule has 7 nitrogen and oxygen atoms in total. The molecule has 8 heteroatoms. The van der Waals surface area contributed by atoms with Gasteiger partial charge in [0.05, 0.1) is 13.0 Å². The van der Waals surface area contributed by atoms with Crippen LogP contribution in [0.4, 0.5) is 4.79 Å². The molecule has 0 saturated carbocycles. The Balaban J connectivity index is 1.64. The number of hydrogen-bond acceptors (Lipinski definition) is 4. The van der Waals surface area contributed by atoms with Gasteiger partial charge in [0.15, 0.2) is 0 Å². The number of nitrogens with one attached hydrogen (secondary N) is 2. The van der Waals surface area contributed by atoms with E-state index in [0.717, 1.165) is 22.9 Å². The first kappa shape index (κ1) is 23.2. The van der Waals surface area contributed by atoms with E-state index in [1.165, 1.54) is 0 Å². The van der Waals surface area contributed by atoms with Gasteiger partial charge in [-0.2, -0.15) is 0 Å². The van der Waals surface area contributed by atoms with Gasteiger partial charge in [0.1, 0.15) is 5.60 Å². The van der Waals surface area contributed by atoms with Gasteiger partial charge in [-0.15, -0.1) is 0 Å². The highest BCUT2D eigenvalue weighted by Crippen LogP contribution is 2.18. The molecule has 1 heterocycles. The fourth-order valence-corrected chi connectivity index (χ4v) is 3.55. The first-order chi connectivity index (χ1) is 13.6. The van der Waals surface area contributed by atoms with Crippen molar-refractivity contribution in [3.05, 3.63) is 34.3 Å². The number of alkyl carbamates (subject to hydrolysis) is 1. The van der Waals surface area contributed by atoms with E-state index in [1.807, 2.05) is 29.2 Å². The second-order valence-electron chi connectivity index (χ2n) is 8.29. The molecule has 1 aromatic rings. The van der Waals surface area contributed by atoms with Crippen molar-refractivity contribution in [2.75, 3.05) is 26.2 Å². The van der Waals surface area contributed by atoms with E-state index >= 15 is 0 Å². The van der Waals surface area contributed by atoms with Crippen molar-refractivity contribution in [1.29, 1.82) is 0 Å². The third kappa shape index (κ3) is 8.85. The lowest BCUT2D eigenvalue weighted by atomic mass is 9.96. The Labute approximate surface area is 180 Å². The number of hydrogen-bond donors (Lipinski definition) is 2. The summed E-state index contributed by atoms with van der Waals surface area (Å²) in [7, 11) is 0. The van der Waals surface area contributed by atoms with Gasteiger partial charge in [-0.3, -0.25) is 9.59 Å². The van der Waals surface area contributed by atoms with Crippen LogP contribution in [0.15, 0.2) is 28.7 Å². The molecular weight excluding hydrogens is 438 g/mol. The zero-order valence-corrected chi connectivity index (χ0v) is 18.9. The highest BCUT2D eigenvalue weighted by molar-refractivity contribution is 9.10. The number of carbonyl (C=O) groups is 3. The summed E-state index contributed by atoms with van der Waals surface area (Å²) in [5.41, 5.74) is 0.402. The van der Waals surface area contributed by atoms with Crippen LogP contribution >= 0.6 is 15.9 Å². The molecule has 1 aliphatic heterocycles. The van der Waals surface area contributed by atoms with Gasteiger partial charge in [-0.25, -0.2) is 4.79 Å². The normalized spacial score (nSPS) is 15.0. The fourth-order valence-electron chi connectivity index (χ4n) is 3.11. The Kier molecular flexibility index (Phi) is 8.49. The maximum absolute atomic E-state index is 12.5. The molecule has 0 atom stereocenters. The first-order valence-corrected chi connectivity index (χ1v) is 10.7. The molecule has 0 aromatic heterocycles. The number of nitrogens with zero attached hydrogens (tertiary/aromatic N) is 1. The largest absolute Gasteiger partial charge is 0.444 e. The minimum Gasteiger partial charge on any atom is -0.444 e. The topological polar surface area (TPSA) is 87.7 Å². The molecule has 0 spiro atoms. The quantitative estimate of drug-likeness (QED) is 0.672. The minimum atomic E-state index is -0.607. The van der Waals surface area contributed by atoms with E-state index in [4.69, 9.17) is 4.74 Å². The minimum absolute atomic E-state index is 0.112. The number of amides is 3. The van der Waals surface area contributed by atoms with Crippen molar-refractivity contribution in [1.82, 2.24) is 15.5 Å². The molecule has 1 aromatic carbocycles. The van der Waals surface area contributed by atoms with Crippen LogP contribution in [0.1, 0.15) is 39.2 Å². The predicted molar refractivity (Wildman–Crippen MR) is 114 cm³/mol. The van der Waals surface area contributed by atoms with Gasteiger partial charge >= 0.3 is 6.09 Å². The van der Waals surface area contributed by atoms with Crippen molar-refractivity contribution in [3.8, 4) is 0 Å². The zero-order chi connectivity index (χ0) is 21.4. The van der Waals surface area contributed by atoms with Crippen LogP contribution in [0.5, 0.6) is 0 Å². The van der Waals surface area contributed by atoms with Crippen molar-refractivity contribution in [2.45, 2.75) is 45.6 Å². The van der Waals surface area contributed by atoms with E-state index in [2.05, 4.69) is 26.6 Å². The van der Waals surface area contributed by atoms with Crippen molar-refractivity contribution < 1.29 is 19.1 Å². The zero-order valence-electron chi connectivity index (χ0n) is 17.3. The summed E-state index contributed by atoms with van der Waals surface area (Å²) in [6.45, 7) is 7.13. The Morgan fingerprint density at radius 3 is 2.48 bits per heavy atom. The third-order valence-electron chi connectivity index (χ3n) is 4.59. The second kappa shape index (κ2) is 10.6. The SMILES string of the molecule is CC(C)(C)OC(=O)NCC(=O)NCC1CCN(C(=O)Cc2cccc(Br)c2)CC1. The lowest BCUT2D eigenvalue weighted by Crippen LogP contribution is -2.44. The van der Waals surface area contributed by atoms with Crippen LogP contribution in [0.25, 0.3) is 0 Å². The molecule has 0 aliphatic carbocycles. The molecule has 0 unspecified atom stereocenters. The molecular formula is C21H30BrN3O4. The number of piperidine rings is 1. The van der Waals surface area contributed by atoms with Crippen molar-refractivity contribution >= 4 is 33.8 Å². The van der Waals surface area contributed by atoms with Crippen molar-refractivity contribution in [2.24, 2.45) is 5.92 Å². The molecule has 0 radical (unpaired) electrons. The molecule has 0 bridgehead atoms. The molecule has 1 saturated heterocycles. The van der Waals surface area contributed by atoms with E-state index in [9.17, 15) is 14.4 Å². The summed E-state index contributed by atoms with van der Waals surface area (Å²) < 4.78 is 6.07. The van der Waals surface area contributed by atoms with Crippen LogP contribution in [-0.2, 0) is 20.7 Å². The molecule has 2 N–H and O–H groups in total. The lowest BCUT2D eigenvalue weighted by molar-refractivity contribution is -0.132. The van der Waals surface area contributed by atoms with E-state index in [-0.39, 0.29) is 18.4 Å². The second-order valence-corrected chi connectivity index (χ2v) is 9.21. The average molecular weight is 468 g/mol. The summed E-state index contributed by atoms with van der Waals surface area (Å²) in [6, 6.07) is 7.79. The van der Waals surface area contributed by atoms with Gasteiger partial charge in [-0.05, 0) is 57.2 Å². The van der Waals surface area contributed by atoms with Crippen LogP contribution in [0.3, 0.4) is 0 Å². The number of likely N-dealkylation sites (tertiary alicyclic amines) is 1. The molecule has 3 amide bonds. The van der Waals surface area contributed by atoms with Crippen LogP contribution < -0.4 is 10.6 Å². The average Bonchev–Trinajstić information content (AvgIpc) is 2.64. The van der Waals surface area contributed by atoms with E-state index in [0.29, 0.717) is 32.0 Å². The number of ether oxygens (including phenoxy) is 1. The predicted octanol–water partition coefficient (Wildman–Crippen LogP) is 2.87. The summed E-state index contributed by atoms with van der Waals surface area (Å²) in [4.78, 5) is 37.9. The van der Waals surface area contributed by atoms with Crippen LogP contribution in [0.2, 0.25) is 0 Å². The number of benzene rings is 1. The fraction of sp³-hybridized carbons (Fsp3) is 0.571. The Morgan fingerprint density at radius 1 is 1.17 bits per heavy atom. The van der Waals surface area contributed by atoms with Gasteiger partial charge in [0, 0.05) is 24.1 Å². The van der Waals surface area contributed by atoms with Gasteiger partial charge in [0.25, 0.3) is 0 Å². The molecule has 160 valence electrons. The Bertz CT molecular complexity index is 725. The summed E-state index contributed by atoms with van der Waals surface area (Å²) in [6.07, 6.45) is 1.50. The molecule has 1 aliphatic rings. The first-order valence-electron chi connectivity index (χ1n) is 9.88. The van der Waals surface area contributed by atoms with E-state index < -0.39 is 11.7 Å². The summed E-state index contributed by atoms with van der Waals surface area (Å²) >= 11 is 3.43. The van der Waals surface area contributed by atoms with Crippen molar-refractivity contribution in [3.63, 3.8) is 0 Å². The van der Waals surface area contributed by atoms with Crippen LogP contribution in [0, 0.1) is 5.92 Å². The third-order valence-corrected chi connectivity index (χ3v) is 5.08. The molecule has 29 heavy (non-hydrogen) atoms. The Hall–Kier alpha value is -2.09. The smallest absolute Gasteiger partial charge is 0.408 e. The van der Waals surface area contributed by atoms with Gasteiger partial charge in [0.2, 0.25) is 11.8 Å². The number of rotatable bonds is 6. The number of halogens is 1. The summed E-state index contributed by atoms with van der Waals surface area (Å²) in [5.74, 6) is 0.214. The monoisotopic (exact) mass is 467 g/mol. The molecule has 1 fully saturated rings. The maximum Gasteiger partial charge on any atom is 0.408 e. The summed E-state index contributed by atoms with van der Waals surface area (Å²) in [5, 5.41) is 5.29. The van der Waals surface area contributed by atoms with Crippen LogP contribution in [-0.4, -0.2) is 54.6 Å². The van der Waals surface area contributed by atoms with Gasteiger partial charge < -0.3 is 20.3 Å². The Morgan fingerprint density at radius 2 is 1.86 bits per heavy atom. The lowest BCUT2D eigenvalue weighted by Gasteiger charge is -2.32. The maximum atomic E-state index is 12.5. The van der Waals surface area contributed by atoms with Gasteiger partial charge in [-0.1, -0.05) is 28.1 Å².